The van der Waals surface area contributed by atoms with Gasteiger partial charge in [0.15, 0.2) is 0 Å². The Bertz CT molecular complexity index is 1500. The van der Waals surface area contributed by atoms with Crippen LogP contribution >= 0.6 is 0 Å². The molecule has 0 radical (unpaired) electrons. The number of nitrogens with zero attached hydrogens (tertiary/aromatic N) is 3. The third-order valence-corrected chi connectivity index (χ3v) is 8.51. The van der Waals surface area contributed by atoms with Gasteiger partial charge in [-0.3, -0.25) is 9.88 Å². The van der Waals surface area contributed by atoms with Crippen LogP contribution in [-0.4, -0.2) is 70.2 Å². The minimum atomic E-state index is -5.08. The van der Waals surface area contributed by atoms with Crippen molar-refractivity contribution in [2.24, 2.45) is 0 Å². The molecule has 16 heteroatoms. The van der Waals surface area contributed by atoms with Gasteiger partial charge in [0.25, 0.3) is 0 Å². The second-order valence-electron chi connectivity index (χ2n) is 9.45. The molecule has 43 heavy (non-hydrogen) atoms. The maximum Gasteiger partial charge on any atom is 0.490 e. The van der Waals surface area contributed by atoms with E-state index in [9.17, 15) is 34.8 Å². The average molecular weight is 634 g/mol. The summed E-state index contributed by atoms with van der Waals surface area (Å²) in [7, 11) is -3.54. The third kappa shape index (κ3) is 8.09. The van der Waals surface area contributed by atoms with Crippen LogP contribution in [-0.2, 0) is 38.2 Å². The molecule has 3 aromatic rings. The zero-order valence-corrected chi connectivity index (χ0v) is 22.9. The first-order valence-corrected chi connectivity index (χ1v) is 13.8. The molecule has 1 aromatic heterocycles. The summed E-state index contributed by atoms with van der Waals surface area (Å²) in [5, 5.41) is 14.2. The van der Waals surface area contributed by atoms with Crippen LogP contribution in [0.4, 0.5) is 26.3 Å². The molecule has 9 nitrogen and oxygen atoms in total. The number of aromatic nitrogens is 1. The Morgan fingerprint density at radius 2 is 1.35 bits per heavy atom. The second kappa shape index (κ2) is 13.1. The van der Waals surface area contributed by atoms with Crippen molar-refractivity contribution in [2.45, 2.75) is 42.3 Å². The Kier molecular flexibility index (Phi) is 10.2. The van der Waals surface area contributed by atoms with Crippen molar-refractivity contribution >= 4 is 22.0 Å². The lowest BCUT2D eigenvalue weighted by Crippen LogP contribution is -2.45. The van der Waals surface area contributed by atoms with Crippen LogP contribution in [0.1, 0.15) is 23.1 Å². The van der Waals surface area contributed by atoms with Crippen LogP contribution in [0.2, 0.25) is 0 Å². The topological polar surface area (TPSA) is 128 Å². The first-order valence-electron chi connectivity index (χ1n) is 12.4. The molecule has 2 aliphatic heterocycles. The average Bonchev–Trinajstić information content (AvgIpc) is 3.43. The predicted octanol–water partition coefficient (Wildman–Crippen LogP) is 4.65. The van der Waals surface area contributed by atoms with Gasteiger partial charge in [0, 0.05) is 38.6 Å². The number of hydrogen-bond donors (Lipinski definition) is 2. The number of likely N-dealkylation sites (tertiary alicyclic amines) is 1. The number of carbonyl (C=O) groups is 2. The highest BCUT2D eigenvalue weighted by Crippen LogP contribution is 2.50. The highest BCUT2D eigenvalue weighted by atomic mass is 32.2. The van der Waals surface area contributed by atoms with E-state index in [0.717, 1.165) is 36.2 Å². The summed E-state index contributed by atoms with van der Waals surface area (Å²) in [6.07, 6.45) is -5.72. The van der Waals surface area contributed by atoms with Gasteiger partial charge >= 0.3 is 24.3 Å². The van der Waals surface area contributed by atoms with E-state index in [1.165, 1.54) is 0 Å². The number of halogens is 6. The van der Waals surface area contributed by atoms with Crippen molar-refractivity contribution < 1.29 is 54.6 Å². The van der Waals surface area contributed by atoms with Crippen molar-refractivity contribution in [3.8, 4) is 0 Å². The summed E-state index contributed by atoms with van der Waals surface area (Å²) in [6, 6.07) is 21.4. The molecule has 5 rings (SSSR count). The van der Waals surface area contributed by atoms with Crippen molar-refractivity contribution in [3.63, 3.8) is 0 Å². The molecule has 1 unspecified atom stereocenters. The summed E-state index contributed by atoms with van der Waals surface area (Å²) in [5.41, 5.74) is 2.57. The van der Waals surface area contributed by atoms with Crippen LogP contribution in [0.3, 0.4) is 0 Å². The minimum Gasteiger partial charge on any atom is -0.475 e. The molecule has 1 atom stereocenters. The molecular weight excluding hydrogens is 608 g/mol. The standard InChI is InChI=1S/C23H23N3O2S.2C2HF3O2/c27-29(28)22-11-5-4-10-21(22)23(26(29)17-19-7-2-1-3-8-19)12-14-25(18-23)16-20-9-6-13-24-15-20;2*3-2(4,5)1(6)7/h1-11,13,15H,12,14,16-18H2;2*(H,6,7). The monoisotopic (exact) mass is 633 g/mol. The summed E-state index contributed by atoms with van der Waals surface area (Å²) in [4.78, 5) is 24.8. The quantitative estimate of drug-likeness (QED) is 0.398. The molecule has 0 aliphatic carbocycles. The third-order valence-electron chi connectivity index (χ3n) is 6.54. The molecule has 0 bridgehead atoms. The smallest absolute Gasteiger partial charge is 0.475 e. The van der Waals surface area contributed by atoms with Crippen LogP contribution in [0, 0.1) is 0 Å². The molecule has 0 saturated carbocycles. The SMILES string of the molecule is O=C(O)C(F)(F)F.O=C(O)C(F)(F)F.O=S1(=O)c2ccccc2C2(CCN(Cc3cccnc3)C2)N1Cc1ccccc1. The van der Waals surface area contributed by atoms with Crippen LogP contribution in [0.15, 0.2) is 84.0 Å². The highest BCUT2D eigenvalue weighted by molar-refractivity contribution is 7.89. The molecule has 0 amide bonds. The molecule has 1 spiro atoms. The van der Waals surface area contributed by atoms with Gasteiger partial charge in [-0.2, -0.15) is 30.6 Å². The van der Waals surface area contributed by atoms with Gasteiger partial charge in [-0.25, -0.2) is 18.0 Å². The van der Waals surface area contributed by atoms with Gasteiger partial charge in [0.1, 0.15) is 0 Å². The number of carboxylic acid groups (broad SMARTS) is 2. The first-order chi connectivity index (χ1) is 20.0. The zero-order valence-electron chi connectivity index (χ0n) is 22.1. The molecule has 2 aromatic carbocycles. The maximum absolute atomic E-state index is 13.5. The fourth-order valence-electron chi connectivity index (χ4n) is 4.72. The van der Waals surface area contributed by atoms with Gasteiger partial charge in [-0.15, -0.1) is 0 Å². The number of alkyl halides is 6. The van der Waals surface area contributed by atoms with E-state index in [1.54, 1.807) is 16.6 Å². The van der Waals surface area contributed by atoms with Gasteiger partial charge in [-0.1, -0.05) is 54.6 Å². The van der Waals surface area contributed by atoms with Gasteiger partial charge in [-0.05, 0) is 35.2 Å². The van der Waals surface area contributed by atoms with E-state index >= 15 is 0 Å². The number of hydrogen-bond acceptors (Lipinski definition) is 6. The number of sulfonamides is 1. The number of carboxylic acids is 2. The molecule has 232 valence electrons. The fraction of sp³-hybridized carbons (Fsp3) is 0.296. The summed E-state index contributed by atoms with van der Waals surface area (Å²) >= 11 is 0. The van der Waals surface area contributed by atoms with Gasteiger partial charge in [0.2, 0.25) is 10.0 Å². The minimum absolute atomic E-state index is 0.387. The molecular formula is C27H25F6N3O6S. The van der Waals surface area contributed by atoms with E-state index < -0.39 is 39.9 Å². The Hall–Kier alpha value is -4.02. The van der Waals surface area contributed by atoms with E-state index in [0.29, 0.717) is 18.0 Å². The maximum atomic E-state index is 13.5. The lowest BCUT2D eigenvalue weighted by atomic mass is 9.88. The number of aliphatic carboxylic acids is 2. The lowest BCUT2D eigenvalue weighted by molar-refractivity contribution is -0.193. The van der Waals surface area contributed by atoms with Crippen molar-refractivity contribution in [1.82, 2.24) is 14.2 Å². The number of benzene rings is 2. The van der Waals surface area contributed by atoms with E-state index in [1.807, 2.05) is 60.8 Å². The Morgan fingerprint density at radius 1 is 0.814 bits per heavy atom. The predicted molar refractivity (Wildman–Crippen MR) is 139 cm³/mol. The normalized spacial score (nSPS) is 19.5. The first kappa shape index (κ1) is 33.5. The Balaban J connectivity index is 0.000000303. The molecule has 1 fully saturated rings. The number of pyridine rings is 1. The molecule has 1 saturated heterocycles. The fourth-order valence-corrected chi connectivity index (χ4v) is 6.77. The Labute approximate surface area is 242 Å². The summed E-state index contributed by atoms with van der Waals surface area (Å²) in [6.45, 7) is 2.70. The van der Waals surface area contributed by atoms with Crippen molar-refractivity contribution in [3.05, 3.63) is 95.8 Å². The van der Waals surface area contributed by atoms with Gasteiger partial charge < -0.3 is 10.2 Å². The van der Waals surface area contributed by atoms with Gasteiger partial charge in [0.05, 0.1) is 10.4 Å². The largest absolute Gasteiger partial charge is 0.490 e. The van der Waals surface area contributed by atoms with Crippen LogP contribution < -0.4 is 0 Å². The summed E-state index contributed by atoms with van der Waals surface area (Å²) in [5.74, 6) is -5.51. The van der Waals surface area contributed by atoms with Crippen molar-refractivity contribution in [1.29, 1.82) is 0 Å². The van der Waals surface area contributed by atoms with Crippen LogP contribution in [0.25, 0.3) is 0 Å². The molecule has 2 aliphatic rings. The van der Waals surface area contributed by atoms with E-state index in [-0.39, 0.29) is 0 Å². The number of fused-ring (bicyclic) bond motifs is 2. The Morgan fingerprint density at radius 3 is 1.88 bits per heavy atom. The molecule has 2 N–H and O–H groups in total. The summed E-state index contributed by atoms with van der Waals surface area (Å²) < 4.78 is 92.2. The second-order valence-corrected chi connectivity index (χ2v) is 11.3. The van der Waals surface area contributed by atoms with Crippen molar-refractivity contribution in [2.75, 3.05) is 13.1 Å². The lowest BCUT2D eigenvalue weighted by Gasteiger charge is -2.34. The zero-order chi connectivity index (χ0) is 32.1. The van der Waals surface area contributed by atoms with Crippen LogP contribution in [0.5, 0.6) is 0 Å². The van der Waals surface area contributed by atoms with E-state index in [4.69, 9.17) is 19.8 Å². The van der Waals surface area contributed by atoms with E-state index in [2.05, 4.69) is 16.0 Å². The highest BCUT2D eigenvalue weighted by Gasteiger charge is 2.56. The molecule has 3 heterocycles. The number of rotatable bonds is 4.